The predicted octanol–water partition coefficient (Wildman–Crippen LogP) is 2.79. The zero-order valence-corrected chi connectivity index (χ0v) is 19.2. The van der Waals surface area contributed by atoms with E-state index in [1.54, 1.807) is 6.33 Å². The van der Waals surface area contributed by atoms with Crippen LogP contribution in [-0.4, -0.2) is 63.2 Å². The molecule has 0 spiro atoms. The van der Waals surface area contributed by atoms with Gasteiger partial charge in [-0.25, -0.2) is 19.7 Å². The lowest BCUT2D eigenvalue weighted by Gasteiger charge is -2.21. The van der Waals surface area contributed by atoms with E-state index in [4.69, 9.17) is 10.5 Å². The monoisotopic (exact) mass is 452 g/mol. The first-order valence-electron chi connectivity index (χ1n) is 11.4. The summed E-state index contributed by atoms with van der Waals surface area (Å²) in [5.74, 6) is 0.379. The lowest BCUT2D eigenvalue weighted by molar-refractivity contribution is -0.00849. The van der Waals surface area contributed by atoms with E-state index in [1.165, 1.54) is 11.9 Å². The number of nitrogen functional groups attached to an aromatic ring is 1. The lowest BCUT2D eigenvalue weighted by Crippen LogP contribution is -2.34. The molecule has 4 N–H and O–H groups in total. The summed E-state index contributed by atoms with van der Waals surface area (Å²) in [5.41, 5.74) is 9.21. The van der Waals surface area contributed by atoms with Crippen molar-refractivity contribution in [2.24, 2.45) is 0 Å². The van der Waals surface area contributed by atoms with Crippen molar-refractivity contribution in [3.8, 4) is 0 Å². The molecular weight excluding hydrogens is 420 g/mol. The Morgan fingerprint density at radius 1 is 1.30 bits per heavy atom. The maximum Gasteiger partial charge on any atom is 0.319 e. The molecule has 2 unspecified atom stereocenters. The first-order valence-corrected chi connectivity index (χ1v) is 11.4. The average molecular weight is 453 g/mol. The van der Waals surface area contributed by atoms with Crippen molar-refractivity contribution in [1.29, 1.82) is 0 Å². The highest BCUT2D eigenvalue weighted by Gasteiger charge is 2.28. The van der Waals surface area contributed by atoms with Gasteiger partial charge in [0.1, 0.15) is 18.1 Å². The second-order valence-corrected chi connectivity index (χ2v) is 8.42. The minimum atomic E-state index is -0.176. The van der Waals surface area contributed by atoms with Crippen LogP contribution in [0.3, 0.4) is 0 Å². The molecule has 1 fully saturated rings. The molecule has 1 aromatic carbocycles. The van der Waals surface area contributed by atoms with Gasteiger partial charge in [-0.3, -0.25) is 4.57 Å². The summed E-state index contributed by atoms with van der Waals surface area (Å²) < 4.78 is 8.19. The molecule has 2 atom stereocenters. The molecule has 0 saturated carbocycles. The zero-order chi connectivity index (χ0) is 23.2. The number of benzene rings is 1. The highest BCUT2D eigenvalue weighted by atomic mass is 16.5. The van der Waals surface area contributed by atoms with Gasteiger partial charge in [0.15, 0.2) is 11.5 Å². The Morgan fingerprint density at radius 2 is 2.18 bits per heavy atom. The molecule has 10 heteroatoms. The Kier molecular flexibility index (Phi) is 7.36. The largest absolute Gasteiger partial charge is 0.382 e. The third-order valence-electron chi connectivity index (χ3n) is 5.89. The van der Waals surface area contributed by atoms with Crippen molar-refractivity contribution >= 4 is 28.7 Å². The summed E-state index contributed by atoms with van der Waals surface area (Å²) in [5, 5.41) is 5.81. The fraction of sp³-hybridized carbons (Fsp3) is 0.478. The number of likely N-dealkylation sites (N-methyl/N-ethyl adjacent to an activating group) is 1. The molecule has 0 aliphatic carbocycles. The molecular formula is C23H32N8O2. The molecule has 2 amide bonds. The summed E-state index contributed by atoms with van der Waals surface area (Å²) >= 11 is 0. The van der Waals surface area contributed by atoms with Crippen LogP contribution in [0.1, 0.15) is 38.0 Å². The Hall–Kier alpha value is -3.24. The number of amides is 2. The highest BCUT2D eigenvalue weighted by molar-refractivity contribution is 5.89. The van der Waals surface area contributed by atoms with Crippen LogP contribution in [0, 0.1) is 0 Å². The lowest BCUT2D eigenvalue weighted by atomic mass is 10.1. The first-order chi connectivity index (χ1) is 16.0. The number of hydrogen-bond acceptors (Lipinski definition) is 7. The minimum Gasteiger partial charge on any atom is -0.382 e. The molecule has 176 valence electrons. The van der Waals surface area contributed by atoms with Crippen LogP contribution in [0.5, 0.6) is 0 Å². The summed E-state index contributed by atoms with van der Waals surface area (Å²) in [6, 6.07) is 7.73. The van der Waals surface area contributed by atoms with E-state index in [1.807, 2.05) is 22.8 Å². The molecule has 4 rings (SSSR count). The number of imidazole rings is 1. The maximum absolute atomic E-state index is 12.1. The smallest absolute Gasteiger partial charge is 0.319 e. The van der Waals surface area contributed by atoms with Gasteiger partial charge < -0.3 is 26.0 Å². The third-order valence-corrected chi connectivity index (χ3v) is 5.89. The number of ether oxygens (including phenoxy) is 1. The number of carbonyl (C=O) groups is 1. The molecule has 1 aliphatic rings. The molecule has 1 saturated heterocycles. The Balaban J connectivity index is 1.16. The normalized spacial score (nSPS) is 18.2. The second-order valence-electron chi connectivity index (χ2n) is 8.42. The number of urea groups is 1. The number of nitrogens with zero attached hydrogens (tertiary/aromatic N) is 5. The molecule has 3 aromatic rings. The van der Waals surface area contributed by atoms with Gasteiger partial charge in [0, 0.05) is 18.8 Å². The number of hydrogen-bond donors (Lipinski definition) is 3. The topological polar surface area (TPSA) is 123 Å². The van der Waals surface area contributed by atoms with Crippen LogP contribution in [0.4, 0.5) is 16.3 Å². The van der Waals surface area contributed by atoms with Crippen molar-refractivity contribution in [3.63, 3.8) is 0 Å². The van der Waals surface area contributed by atoms with Gasteiger partial charge in [0.05, 0.1) is 12.4 Å². The maximum atomic E-state index is 12.1. The predicted molar refractivity (Wildman–Crippen MR) is 128 cm³/mol. The Labute approximate surface area is 193 Å². The number of aromatic nitrogens is 4. The SMILES string of the molecule is CCc1cccc(NC(=O)NCCCN(C)CC2CCC(n3cnc4c(N)ncnc43)O2)c1. The number of nitrogens with one attached hydrogen (secondary N) is 2. The number of anilines is 2. The molecule has 33 heavy (non-hydrogen) atoms. The standard InChI is InChI=1S/C23H32N8O2/c1-3-16-6-4-7-17(12-16)29-23(32)25-10-5-11-30(2)13-18-8-9-19(33-18)31-15-28-20-21(24)26-14-27-22(20)31/h4,6-7,12,14-15,18-19H,3,5,8-11,13H2,1-2H3,(H2,24,26,27)(H2,25,29,32). The van der Waals surface area contributed by atoms with E-state index in [0.717, 1.165) is 44.5 Å². The third kappa shape index (κ3) is 5.77. The van der Waals surface area contributed by atoms with E-state index in [0.29, 0.717) is 23.5 Å². The number of rotatable bonds is 9. The van der Waals surface area contributed by atoms with Crippen LogP contribution in [0.25, 0.3) is 11.2 Å². The van der Waals surface area contributed by atoms with Crippen molar-refractivity contribution in [2.45, 2.75) is 44.9 Å². The van der Waals surface area contributed by atoms with Crippen molar-refractivity contribution in [2.75, 3.05) is 37.7 Å². The molecule has 0 bridgehead atoms. The Morgan fingerprint density at radius 3 is 3.03 bits per heavy atom. The fourth-order valence-corrected chi connectivity index (χ4v) is 4.14. The van der Waals surface area contributed by atoms with Crippen molar-refractivity contribution < 1.29 is 9.53 Å². The molecule has 1 aliphatic heterocycles. The highest BCUT2D eigenvalue weighted by Crippen LogP contribution is 2.31. The van der Waals surface area contributed by atoms with Crippen LogP contribution >= 0.6 is 0 Å². The van der Waals surface area contributed by atoms with Crippen LogP contribution in [0.2, 0.25) is 0 Å². The minimum absolute atomic E-state index is 0.0979. The molecule has 2 aromatic heterocycles. The summed E-state index contributed by atoms with van der Waals surface area (Å²) in [4.78, 5) is 27.0. The van der Waals surface area contributed by atoms with E-state index in [-0.39, 0.29) is 18.4 Å². The number of nitrogens with two attached hydrogens (primary N) is 1. The van der Waals surface area contributed by atoms with Gasteiger partial charge in [-0.2, -0.15) is 0 Å². The van der Waals surface area contributed by atoms with Gasteiger partial charge >= 0.3 is 6.03 Å². The average Bonchev–Trinajstić information content (AvgIpc) is 3.44. The van der Waals surface area contributed by atoms with Crippen molar-refractivity contribution in [3.05, 3.63) is 42.5 Å². The van der Waals surface area contributed by atoms with Crippen LogP contribution in [-0.2, 0) is 11.2 Å². The van der Waals surface area contributed by atoms with Gasteiger partial charge in [-0.1, -0.05) is 19.1 Å². The van der Waals surface area contributed by atoms with E-state index < -0.39 is 0 Å². The number of carbonyl (C=O) groups excluding carboxylic acids is 1. The zero-order valence-electron chi connectivity index (χ0n) is 19.2. The van der Waals surface area contributed by atoms with E-state index in [2.05, 4.69) is 50.5 Å². The van der Waals surface area contributed by atoms with Gasteiger partial charge in [-0.05, 0) is 57.0 Å². The van der Waals surface area contributed by atoms with Crippen LogP contribution < -0.4 is 16.4 Å². The summed E-state index contributed by atoms with van der Waals surface area (Å²) in [6.45, 7) is 4.40. The van der Waals surface area contributed by atoms with Gasteiger partial charge in [-0.15, -0.1) is 0 Å². The van der Waals surface area contributed by atoms with Gasteiger partial charge in [0.25, 0.3) is 0 Å². The number of aryl methyl sites for hydroxylation is 1. The van der Waals surface area contributed by atoms with Crippen LogP contribution in [0.15, 0.2) is 36.9 Å². The fourth-order valence-electron chi connectivity index (χ4n) is 4.14. The summed E-state index contributed by atoms with van der Waals surface area (Å²) in [7, 11) is 2.08. The second kappa shape index (κ2) is 10.6. The van der Waals surface area contributed by atoms with Gasteiger partial charge in [0.2, 0.25) is 0 Å². The molecule has 0 radical (unpaired) electrons. The summed E-state index contributed by atoms with van der Waals surface area (Å²) in [6.07, 6.45) is 6.88. The molecule has 10 nitrogen and oxygen atoms in total. The first kappa shape index (κ1) is 22.9. The Bertz CT molecular complexity index is 1090. The van der Waals surface area contributed by atoms with E-state index >= 15 is 0 Å². The molecule has 3 heterocycles. The van der Waals surface area contributed by atoms with Crippen molar-refractivity contribution in [1.82, 2.24) is 29.7 Å². The quantitative estimate of drug-likeness (QED) is 0.427. The van der Waals surface area contributed by atoms with E-state index in [9.17, 15) is 4.79 Å². The number of fused-ring (bicyclic) bond motifs is 1.